The molecule has 104 valence electrons. The number of benzene rings is 1. The standard InChI is InChI=1S/C12H14F2N2O2S/c13-9-5-8(15)6-10(14)12(9)19-7-11(17)16-1-3-18-4-2-16/h5-6H,1-4,7,15H2. The second-order valence-corrected chi connectivity index (χ2v) is 5.08. The van der Waals surface area contributed by atoms with Gasteiger partial charge in [0.25, 0.3) is 0 Å². The molecule has 0 aliphatic carbocycles. The third-order valence-corrected chi connectivity index (χ3v) is 3.79. The van der Waals surface area contributed by atoms with Crippen LogP contribution in [0.1, 0.15) is 0 Å². The van der Waals surface area contributed by atoms with Gasteiger partial charge in [0.15, 0.2) is 0 Å². The Morgan fingerprint density at radius 3 is 2.47 bits per heavy atom. The largest absolute Gasteiger partial charge is 0.399 e. The number of nitrogen functional groups attached to an aromatic ring is 1. The van der Waals surface area contributed by atoms with Gasteiger partial charge in [0.1, 0.15) is 11.6 Å². The van der Waals surface area contributed by atoms with Crippen molar-refractivity contribution in [1.82, 2.24) is 4.90 Å². The van der Waals surface area contributed by atoms with Crippen molar-refractivity contribution in [2.45, 2.75) is 4.90 Å². The summed E-state index contributed by atoms with van der Waals surface area (Å²) in [5.41, 5.74) is 5.35. The Morgan fingerprint density at radius 1 is 1.32 bits per heavy atom. The van der Waals surface area contributed by atoms with Crippen LogP contribution >= 0.6 is 11.8 Å². The SMILES string of the molecule is Nc1cc(F)c(SCC(=O)N2CCOCC2)c(F)c1. The van der Waals surface area contributed by atoms with Gasteiger partial charge < -0.3 is 15.4 Å². The van der Waals surface area contributed by atoms with Crippen LogP contribution in [0.3, 0.4) is 0 Å². The van der Waals surface area contributed by atoms with E-state index in [-0.39, 0.29) is 22.2 Å². The van der Waals surface area contributed by atoms with Crippen LogP contribution in [0.15, 0.2) is 17.0 Å². The number of thioether (sulfide) groups is 1. The monoisotopic (exact) mass is 288 g/mol. The highest BCUT2D eigenvalue weighted by atomic mass is 32.2. The van der Waals surface area contributed by atoms with E-state index in [1.54, 1.807) is 4.90 Å². The van der Waals surface area contributed by atoms with Gasteiger partial charge in [-0.3, -0.25) is 4.79 Å². The molecular weight excluding hydrogens is 274 g/mol. The Labute approximate surface area is 113 Å². The van der Waals surface area contributed by atoms with Crippen LogP contribution in [0, 0.1) is 11.6 Å². The van der Waals surface area contributed by atoms with Gasteiger partial charge in [-0.15, -0.1) is 11.8 Å². The zero-order valence-electron chi connectivity index (χ0n) is 10.2. The van der Waals surface area contributed by atoms with E-state index < -0.39 is 11.6 Å². The lowest BCUT2D eigenvalue weighted by Gasteiger charge is -2.26. The molecule has 1 fully saturated rings. The smallest absolute Gasteiger partial charge is 0.233 e. The quantitative estimate of drug-likeness (QED) is 0.676. The Balaban J connectivity index is 1.96. The number of carbonyl (C=O) groups excluding carboxylic acids is 1. The fraction of sp³-hybridized carbons (Fsp3) is 0.417. The molecule has 1 saturated heterocycles. The molecule has 1 aliphatic rings. The molecule has 2 N–H and O–H groups in total. The van der Waals surface area contributed by atoms with Crippen molar-refractivity contribution < 1.29 is 18.3 Å². The van der Waals surface area contributed by atoms with E-state index in [9.17, 15) is 13.6 Å². The molecule has 0 aromatic heterocycles. The van der Waals surface area contributed by atoms with Crippen LogP contribution in [0.4, 0.5) is 14.5 Å². The van der Waals surface area contributed by atoms with Gasteiger partial charge in [0, 0.05) is 18.8 Å². The third-order valence-electron chi connectivity index (χ3n) is 2.72. The lowest BCUT2D eigenvalue weighted by Crippen LogP contribution is -2.41. The Hall–Kier alpha value is -1.34. The summed E-state index contributed by atoms with van der Waals surface area (Å²) >= 11 is 0.847. The van der Waals surface area contributed by atoms with Crippen LogP contribution in [0.2, 0.25) is 0 Å². The minimum Gasteiger partial charge on any atom is -0.399 e. The number of hydrogen-bond donors (Lipinski definition) is 1. The van der Waals surface area contributed by atoms with Crippen LogP contribution in [-0.2, 0) is 9.53 Å². The van der Waals surface area contributed by atoms with E-state index in [1.165, 1.54) is 0 Å². The second kappa shape index (κ2) is 6.21. The van der Waals surface area contributed by atoms with Gasteiger partial charge in [-0.25, -0.2) is 8.78 Å². The first-order valence-corrected chi connectivity index (χ1v) is 6.79. The summed E-state index contributed by atoms with van der Waals surface area (Å²) in [7, 11) is 0. The van der Waals surface area contributed by atoms with E-state index in [0.29, 0.717) is 26.3 Å². The van der Waals surface area contributed by atoms with Crippen LogP contribution in [-0.4, -0.2) is 42.9 Å². The molecule has 4 nitrogen and oxygen atoms in total. The average Bonchev–Trinajstić information content (AvgIpc) is 2.38. The molecule has 0 bridgehead atoms. The molecule has 0 unspecified atom stereocenters. The summed E-state index contributed by atoms with van der Waals surface area (Å²) in [6.45, 7) is 2.04. The molecule has 0 radical (unpaired) electrons. The van der Waals surface area contributed by atoms with Gasteiger partial charge in [-0.2, -0.15) is 0 Å². The topological polar surface area (TPSA) is 55.6 Å². The highest BCUT2D eigenvalue weighted by Crippen LogP contribution is 2.27. The van der Waals surface area contributed by atoms with Crippen molar-refractivity contribution in [1.29, 1.82) is 0 Å². The van der Waals surface area contributed by atoms with Gasteiger partial charge >= 0.3 is 0 Å². The molecule has 1 aliphatic heterocycles. The fourth-order valence-electron chi connectivity index (χ4n) is 1.76. The predicted molar refractivity (Wildman–Crippen MR) is 68.9 cm³/mol. The van der Waals surface area contributed by atoms with Crippen molar-refractivity contribution in [2.75, 3.05) is 37.8 Å². The number of hydrogen-bond acceptors (Lipinski definition) is 4. The summed E-state index contributed by atoms with van der Waals surface area (Å²) in [6, 6.07) is 2.09. The van der Waals surface area contributed by atoms with E-state index in [4.69, 9.17) is 10.5 Å². The number of amides is 1. The number of ether oxygens (including phenoxy) is 1. The molecule has 1 aromatic rings. The van der Waals surface area contributed by atoms with Crippen molar-refractivity contribution in [3.8, 4) is 0 Å². The summed E-state index contributed by atoms with van der Waals surface area (Å²) < 4.78 is 32.2. The molecule has 7 heteroatoms. The lowest BCUT2D eigenvalue weighted by atomic mass is 10.3. The maximum absolute atomic E-state index is 13.5. The number of nitrogens with zero attached hydrogens (tertiary/aromatic N) is 1. The first-order chi connectivity index (χ1) is 9.08. The van der Waals surface area contributed by atoms with Gasteiger partial charge in [0.05, 0.1) is 23.9 Å². The number of anilines is 1. The molecule has 2 rings (SSSR count). The third kappa shape index (κ3) is 3.57. The van der Waals surface area contributed by atoms with Crippen molar-refractivity contribution in [3.63, 3.8) is 0 Å². The Kier molecular flexibility index (Phi) is 4.60. The lowest BCUT2D eigenvalue weighted by molar-refractivity contribution is -0.132. The van der Waals surface area contributed by atoms with Crippen molar-refractivity contribution in [2.24, 2.45) is 0 Å². The number of rotatable bonds is 3. The summed E-state index contributed by atoms with van der Waals surface area (Å²) in [5.74, 6) is -1.63. The molecule has 19 heavy (non-hydrogen) atoms. The highest BCUT2D eigenvalue weighted by Gasteiger charge is 2.19. The first-order valence-electron chi connectivity index (χ1n) is 5.81. The van der Waals surface area contributed by atoms with Crippen LogP contribution in [0.25, 0.3) is 0 Å². The maximum atomic E-state index is 13.5. The van der Waals surface area contributed by atoms with Crippen molar-refractivity contribution in [3.05, 3.63) is 23.8 Å². The molecule has 0 spiro atoms. The van der Waals surface area contributed by atoms with Gasteiger partial charge in [-0.1, -0.05) is 0 Å². The molecule has 1 aromatic carbocycles. The Morgan fingerprint density at radius 2 is 1.89 bits per heavy atom. The molecule has 1 amide bonds. The molecular formula is C12H14F2N2O2S. The van der Waals surface area contributed by atoms with E-state index >= 15 is 0 Å². The van der Waals surface area contributed by atoms with Crippen molar-refractivity contribution >= 4 is 23.4 Å². The molecule has 0 saturated carbocycles. The number of carbonyl (C=O) groups is 1. The minimum atomic E-state index is -0.739. The van der Waals surface area contributed by atoms with E-state index in [1.807, 2.05) is 0 Å². The number of morpholine rings is 1. The molecule has 0 atom stereocenters. The fourth-order valence-corrected chi connectivity index (χ4v) is 2.60. The van der Waals surface area contributed by atoms with Gasteiger partial charge in [0.2, 0.25) is 5.91 Å². The predicted octanol–water partition coefficient (Wildman–Crippen LogP) is 1.50. The zero-order valence-corrected chi connectivity index (χ0v) is 11.0. The maximum Gasteiger partial charge on any atom is 0.233 e. The number of nitrogens with two attached hydrogens (primary N) is 1. The first kappa shape index (κ1) is 14.1. The number of halogens is 2. The van der Waals surface area contributed by atoms with E-state index in [2.05, 4.69) is 0 Å². The van der Waals surface area contributed by atoms with E-state index in [0.717, 1.165) is 23.9 Å². The van der Waals surface area contributed by atoms with Gasteiger partial charge in [-0.05, 0) is 12.1 Å². The Bertz CT molecular complexity index is 456. The average molecular weight is 288 g/mol. The summed E-state index contributed by atoms with van der Waals surface area (Å²) in [4.78, 5) is 13.3. The summed E-state index contributed by atoms with van der Waals surface area (Å²) in [6.07, 6.45) is 0. The highest BCUT2D eigenvalue weighted by molar-refractivity contribution is 8.00. The van der Waals surface area contributed by atoms with Crippen LogP contribution < -0.4 is 5.73 Å². The summed E-state index contributed by atoms with van der Waals surface area (Å²) in [5, 5.41) is 0. The second-order valence-electron chi connectivity index (χ2n) is 4.10. The zero-order chi connectivity index (χ0) is 13.8. The normalized spacial score (nSPS) is 15.6. The minimum absolute atomic E-state index is 0.00222. The van der Waals surface area contributed by atoms with Crippen LogP contribution in [0.5, 0.6) is 0 Å². The molecule has 1 heterocycles.